The summed E-state index contributed by atoms with van der Waals surface area (Å²) in [5, 5.41) is 22.3. The molecule has 0 heterocycles. The molecule has 0 aromatic heterocycles. The number of aliphatic hydroxyl groups is 2. The van der Waals surface area contributed by atoms with Crippen LogP contribution < -0.4 is 0 Å². The minimum atomic E-state index is -0.384. The number of carbonyl (C=O) groups excluding carboxylic acids is 1. The van der Waals surface area contributed by atoms with E-state index in [-0.39, 0.29) is 29.0 Å². The summed E-state index contributed by atoms with van der Waals surface area (Å²) in [6, 6.07) is 9.89. The van der Waals surface area contributed by atoms with Gasteiger partial charge < -0.3 is 14.9 Å². The molecule has 0 radical (unpaired) electrons. The zero-order valence-electron chi connectivity index (χ0n) is 23.4. The van der Waals surface area contributed by atoms with Crippen molar-refractivity contribution >= 4 is 5.97 Å². The quantitative estimate of drug-likeness (QED) is 0.332. The number of aliphatic hydroxyl groups excluding tert-OH is 2. The standard InChI is InChI=1S/C33H48O4/c1-5-24-28-19-23(34)15-17-33(28,4)27-16-18-32(3)25(12-13-26(32)30(27)31(24)36)21(2)11-14-29(35)37-20-22-9-7-6-8-10-22/h5-10,21,23,25-28,30-31,34,36H,11-20H2,1-4H3. The minimum absolute atomic E-state index is 0.0991. The molecule has 1 aromatic rings. The first-order chi connectivity index (χ1) is 17.7. The SMILES string of the molecule is CC=C1C(O)C2C(CCC3(C)C(C(C)CCC(=O)OCc4ccccc4)CCC23)C2(C)CCC(O)CC12. The largest absolute Gasteiger partial charge is 0.461 e. The van der Waals surface area contributed by atoms with E-state index < -0.39 is 0 Å². The van der Waals surface area contributed by atoms with Crippen molar-refractivity contribution < 1.29 is 19.7 Å². The predicted molar refractivity (Wildman–Crippen MR) is 146 cm³/mol. The van der Waals surface area contributed by atoms with Crippen molar-refractivity contribution in [3.8, 4) is 0 Å². The third-order valence-corrected chi connectivity index (χ3v) is 11.7. The van der Waals surface area contributed by atoms with E-state index in [1.165, 1.54) is 31.3 Å². The molecule has 37 heavy (non-hydrogen) atoms. The van der Waals surface area contributed by atoms with Crippen molar-refractivity contribution in [3.63, 3.8) is 0 Å². The molecule has 0 saturated heterocycles. The van der Waals surface area contributed by atoms with E-state index in [4.69, 9.17) is 4.74 Å². The fourth-order valence-corrected chi connectivity index (χ4v) is 9.81. The molecule has 4 nitrogen and oxygen atoms in total. The zero-order chi connectivity index (χ0) is 26.4. The molecular formula is C33H48O4. The van der Waals surface area contributed by atoms with Crippen LogP contribution in [0.3, 0.4) is 0 Å². The summed E-state index contributed by atoms with van der Waals surface area (Å²) in [5.41, 5.74) is 2.62. The Hall–Kier alpha value is -1.65. The van der Waals surface area contributed by atoms with Crippen LogP contribution in [0.4, 0.5) is 0 Å². The molecule has 10 unspecified atom stereocenters. The van der Waals surface area contributed by atoms with Gasteiger partial charge >= 0.3 is 5.97 Å². The summed E-state index contributed by atoms with van der Waals surface area (Å²) in [5.74, 6) is 2.63. The molecule has 1 aromatic carbocycles. The van der Waals surface area contributed by atoms with Crippen molar-refractivity contribution in [3.05, 3.63) is 47.5 Å². The molecule has 0 amide bonds. The Morgan fingerprint density at radius 1 is 1.05 bits per heavy atom. The number of fused-ring (bicyclic) bond motifs is 5. The zero-order valence-corrected chi connectivity index (χ0v) is 23.4. The van der Waals surface area contributed by atoms with E-state index >= 15 is 0 Å². The van der Waals surface area contributed by atoms with Crippen LogP contribution in [-0.4, -0.2) is 28.4 Å². The number of hydrogen-bond donors (Lipinski definition) is 2. The molecule has 2 N–H and O–H groups in total. The highest BCUT2D eigenvalue weighted by molar-refractivity contribution is 5.69. The van der Waals surface area contributed by atoms with Gasteiger partial charge in [0.25, 0.3) is 0 Å². The van der Waals surface area contributed by atoms with Crippen molar-refractivity contribution in [1.82, 2.24) is 0 Å². The average molecular weight is 509 g/mol. The molecule has 0 spiro atoms. The van der Waals surface area contributed by atoms with Gasteiger partial charge in [-0.1, -0.05) is 57.2 Å². The third-order valence-electron chi connectivity index (χ3n) is 11.7. The summed E-state index contributed by atoms with van der Waals surface area (Å²) in [7, 11) is 0. The lowest BCUT2D eigenvalue weighted by Crippen LogP contribution is -2.59. The average Bonchev–Trinajstić information content (AvgIpc) is 3.25. The Kier molecular flexibility index (Phi) is 7.64. The Morgan fingerprint density at radius 3 is 2.49 bits per heavy atom. The van der Waals surface area contributed by atoms with E-state index in [1.54, 1.807) is 0 Å². The fraction of sp³-hybridized carbons (Fsp3) is 0.727. The van der Waals surface area contributed by atoms with Crippen LogP contribution in [0, 0.1) is 46.3 Å². The molecule has 0 aliphatic heterocycles. The van der Waals surface area contributed by atoms with Gasteiger partial charge in [-0.3, -0.25) is 4.79 Å². The van der Waals surface area contributed by atoms with Crippen molar-refractivity contribution in [2.75, 3.05) is 0 Å². The van der Waals surface area contributed by atoms with E-state index in [1.807, 2.05) is 30.3 Å². The highest BCUT2D eigenvalue weighted by Gasteiger charge is 2.63. The summed E-state index contributed by atoms with van der Waals surface area (Å²) in [4.78, 5) is 12.5. The minimum Gasteiger partial charge on any atom is -0.461 e. The van der Waals surface area contributed by atoms with Gasteiger partial charge in [0, 0.05) is 6.42 Å². The number of ether oxygens (including phenoxy) is 1. The number of allylic oxidation sites excluding steroid dienone is 1. The van der Waals surface area contributed by atoms with Gasteiger partial charge in [-0.05, 0) is 116 Å². The van der Waals surface area contributed by atoms with Gasteiger partial charge in [0.15, 0.2) is 0 Å². The van der Waals surface area contributed by atoms with Gasteiger partial charge in [0.1, 0.15) is 6.61 Å². The molecule has 204 valence electrons. The van der Waals surface area contributed by atoms with Crippen molar-refractivity contribution in [1.29, 1.82) is 0 Å². The highest BCUT2D eigenvalue weighted by atomic mass is 16.5. The second kappa shape index (κ2) is 10.5. The molecular weight excluding hydrogens is 460 g/mol. The Labute approximate surface area is 223 Å². The van der Waals surface area contributed by atoms with Gasteiger partial charge in [0.2, 0.25) is 0 Å². The lowest BCUT2D eigenvalue weighted by molar-refractivity contribution is -0.149. The lowest BCUT2D eigenvalue weighted by atomic mass is 9.42. The van der Waals surface area contributed by atoms with Gasteiger partial charge in [-0.25, -0.2) is 0 Å². The first-order valence-corrected chi connectivity index (χ1v) is 14.9. The maximum atomic E-state index is 12.5. The van der Waals surface area contributed by atoms with Crippen LogP contribution in [0.15, 0.2) is 42.0 Å². The number of hydrogen-bond acceptors (Lipinski definition) is 4. The molecule has 10 atom stereocenters. The van der Waals surface area contributed by atoms with E-state index in [9.17, 15) is 15.0 Å². The van der Waals surface area contributed by atoms with E-state index in [2.05, 4.69) is 33.8 Å². The Bertz CT molecular complexity index is 987. The smallest absolute Gasteiger partial charge is 0.306 e. The van der Waals surface area contributed by atoms with Crippen LogP contribution in [0.2, 0.25) is 0 Å². The first kappa shape index (κ1) is 26.9. The summed E-state index contributed by atoms with van der Waals surface area (Å²) < 4.78 is 5.55. The highest BCUT2D eigenvalue weighted by Crippen LogP contribution is 2.69. The van der Waals surface area contributed by atoms with Crippen LogP contribution in [0.25, 0.3) is 0 Å². The molecule has 4 saturated carbocycles. The topological polar surface area (TPSA) is 66.8 Å². The predicted octanol–water partition coefficient (Wildman–Crippen LogP) is 6.69. The van der Waals surface area contributed by atoms with E-state index in [0.29, 0.717) is 48.5 Å². The maximum Gasteiger partial charge on any atom is 0.306 e. The van der Waals surface area contributed by atoms with Crippen LogP contribution >= 0.6 is 0 Å². The normalized spacial score (nSPS) is 43.0. The van der Waals surface area contributed by atoms with Crippen molar-refractivity contribution in [2.24, 2.45) is 46.3 Å². The van der Waals surface area contributed by atoms with Gasteiger partial charge in [-0.15, -0.1) is 0 Å². The summed E-state index contributed by atoms with van der Waals surface area (Å²) >= 11 is 0. The Balaban J connectivity index is 1.26. The number of rotatable bonds is 6. The molecule has 4 aliphatic rings. The molecule has 5 rings (SSSR count). The number of carbonyl (C=O) groups is 1. The van der Waals surface area contributed by atoms with Crippen molar-refractivity contribution in [2.45, 2.75) is 104 Å². The van der Waals surface area contributed by atoms with Crippen LogP contribution in [0.5, 0.6) is 0 Å². The second-order valence-electron chi connectivity index (χ2n) is 13.4. The van der Waals surface area contributed by atoms with E-state index in [0.717, 1.165) is 31.2 Å². The third kappa shape index (κ3) is 4.71. The summed E-state index contributed by atoms with van der Waals surface area (Å²) in [6.45, 7) is 9.73. The second-order valence-corrected chi connectivity index (χ2v) is 13.4. The Morgan fingerprint density at radius 2 is 1.76 bits per heavy atom. The molecule has 4 heteroatoms. The van der Waals surface area contributed by atoms with Gasteiger partial charge in [-0.2, -0.15) is 0 Å². The fourth-order valence-electron chi connectivity index (χ4n) is 9.81. The first-order valence-electron chi connectivity index (χ1n) is 14.9. The number of esters is 1. The monoisotopic (exact) mass is 508 g/mol. The van der Waals surface area contributed by atoms with Crippen LogP contribution in [-0.2, 0) is 16.1 Å². The molecule has 4 fully saturated rings. The van der Waals surface area contributed by atoms with Crippen LogP contribution in [0.1, 0.15) is 91.0 Å². The lowest BCUT2D eigenvalue weighted by Gasteiger charge is -2.63. The molecule has 4 aliphatic carbocycles. The van der Waals surface area contributed by atoms with Gasteiger partial charge in [0.05, 0.1) is 12.2 Å². The number of benzene rings is 1. The maximum absolute atomic E-state index is 12.5. The molecule has 0 bridgehead atoms. The summed E-state index contributed by atoms with van der Waals surface area (Å²) in [6.07, 6.45) is 10.4.